The molecule has 2 aromatic carbocycles. The molecule has 0 fully saturated rings. The van der Waals surface area contributed by atoms with Crippen molar-refractivity contribution in [2.24, 2.45) is 5.73 Å². The summed E-state index contributed by atoms with van der Waals surface area (Å²) < 4.78 is 5.40. The predicted molar refractivity (Wildman–Crippen MR) is 102 cm³/mol. The first kappa shape index (κ1) is 20.0. The van der Waals surface area contributed by atoms with Crippen molar-refractivity contribution in [1.29, 1.82) is 0 Å². The Balaban J connectivity index is 0.00000288. The van der Waals surface area contributed by atoms with Gasteiger partial charge in [0, 0.05) is 11.3 Å². The van der Waals surface area contributed by atoms with Crippen LogP contribution in [0, 0.1) is 0 Å². The summed E-state index contributed by atoms with van der Waals surface area (Å²) in [5, 5.41) is 2.91. The van der Waals surface area contributed by atoms with E-state index in [1.807, 2.05) is 55.5 Å². The van der Waals surface area contributed by atoms with Gasteiger partial charge in [-0.1, -0.05) is 43.7 Å². The minimum atomic E-state index is -0.866. The first-order valence-corrected chi connectivity index (χ1v) is 7.81. The number of rotatable bonds is 6. The van der Waals surface area contributed by atoms with Gasteiger partial charge in [0.15, 0.2) is 0 Å². The predicted octanol–water partition coefficient (Wildman–Crippen LogP) is 4.24. The molecule has 0 spiro atoms. The van der Waals surface area contributed by atoms with Crippen molar-refractivity contribution >= 4 is 24.0 Å². The maximum absolute atomic E-state index is 12.3. The third-order valence-corrected chi connectivity index (χ3v) is 3.83. The highest BCUT2D eigenvalue weighted by molar-refractivity contribution is 5.98. The van der Waals surface area contributed by atoms with Crippen LogP contribution in [0.4, 0.5) is 5.69 Å². The molecule has 0 aliphatic heterocycles. The number of hydrogen-bond donors (Lipinski definition) is 2. The van der Waals surface area contributed by atoms with Crippen LogP contribution < -0.4 is 15.8 Å². The highest BCUT2D eigenvalue weighted by atomic mass is 35.5. The molecule has 1 amide bonds. The zero-order valence-electron chi connectivity index (χ0n) is 14.3. The molecule has 2 rings (SSSR count). The summed E-state index contributed by atoms with van der Waals surface area (Å²) in [4.78, 5) is 12.3. The fraction of sp³-hybridized carbons (Fsp3) is 0.316. The number of nitrogens with two attached hydrogens (primary N) is 1. The van der Waals surface area contributed by atoms with Crippen LogP contribution in [0.5, 0.6) is 5.75 Å². The average Bonchev–Trinajstić information content (AvgIpc) is 2.55. The Kier molecular flexibility index (Phi) is 7.26. The first-order chi connectivity index (χ1) is 11.0. The standard InChI is InChI=1S/C19H24N2O2.ClH/c1-4-12-19(2,20)18(22)21-15-9-7-8-14(13-15)16-10-5-6-11-17(16)23-3;/h5-11,13H,4,12,20H2,1-3H3,(H,21,22);1H. The molecule has 1 unspecified atom stereocenters. The van der Waals surface area contributed by atoms with Crippen LogP contribution in [0.15, 0.2) is 48.5 Å². The van der Waals surface area contributed by atoms with Crippen LogP contribution in [0.2, 0.25) is 0 Å². The zero-order chi connectivity index (χ0) is 16.9. The number of methoxy groups -OCH3 is 1. The molecule has 130 valence electrons. The van der Waals surface area contributed by atoms with E-state index in [0.29, 0.717) is 6.42 Å². The van der Waals surface area contributed by atoms with Gasteiger partial charge in [-0.05, 0) is 37.1 Å². The number of halogens is 1. The maximum atomic E-state index is 12.3. The van der Waals surface area contributed by atoms with Gasteiger partial charge in [0.1, 0.15) is 5.75 Å². The van der Waals surface area contributed by atoms with Gasteiger partial charge in [0.05, 0.1) is 12.6 Å². The molecule has 0 radical (unpaired) electrons. The van der Waals surface area contributed by atoms with Crippen molar-refractivity contribution in [3.63, 3.8) is 0 Å². The topological polar surface area (TPSA) is 64.4 Å². The number of anilines is 1. The summed E-state index contributed by atoms with van der Waals surface area (Å²) in [6.07, 6.45) is 1.51. The Morgan fingerprint density at radius 2 is 1.92 bits per heavy atom. The molecule has 2 aromatic rings. The molecular formula is C19H25ClN2O2. The minimum Gasteiger partial charge on any atom is -0.496 e. The molecular weight excluding hydrogens is 324 g/mol. The van der Waals surface area contributed by atoms with E-state index in [0.717, 1.165) is 29.0 Å². The molecule has 4 nitrogen and oxygen atoms in total. The summed E-state index contributed by atoms with van der Waals surface area (Å²) >= 11 is 0. The molecule has 0 aliphatic carbocycles. The second-order valence-electron chi connectivity index (χ2n) is 5.90. The third kappa shape index (κ3) is 4.73. The fourth-order valence-corrected chi connectivity index (χ4v) is 2.55. The van der Waals surface area contributed by atoms with E-state index in [-0.39, 0.29) is 18.3 Å². The van der Waals surface area contributed by atoms with Gasteiger partial charge >= 0.3 is 0 Å². The zero-order valence-corrected chi connectivity index (χ0v) is 15.2. The average molecular weight is 349 g/mol. The highest BCUT2D eigenvalue weighted by Gasteiger charge is 2.27. The van der Waals surface area contributed by atoms with Gasteiger partial charge in [0.25, 0.3) is 0 Å². The first-order valence-electron chi connectivity index (χ1n) is 7.81. The summed E-state index contributed by atoms with van der Waals surface area (Å²) in [6.45, 7) is 3.77. The Bertz CT molecular complexity index is 687. The smallest absolute Gasteiger partial charge is 0.244 e. The van der Waals surface area contributed by atoms with Gasteiger partial charge in [-0.15, -0.1) is 12.4 Å². The number of carbonyl (C=O) groups is 1. The second kappa shape index (κ2) is 8.71. The van der Waals surface area contributed by atoms with E-state index in [2.05, 4.69) is 5.32 Å². The van der Waals surface area contributed by atoms with Gasteiger partial charge in [-0.25, -0.2) is 0 Å². The van der Waals surface area contributed by atoms with Gasteiger partial charge in [-0.2, -0.15) is 0 Å². The number of hydrogen-bond acceptors (Lipinski definition) is 3. The van der Waals surface area contributed by atoms with Crippen LogP contribution in [0.1, 0.15) is 26.7 Å². The molecule has 5 heteroatoms. The van der Waals surface area contributed by atoms with Crippen LogP contribution in [0.25, 0.3) is 11.1 Å². The minimum absolute atomic E-state index is 0. The van der Waals surface area contributed by atoms with Crippen LogP contribution in [-0.2, 0) is 4.79 Å². The molecule has 0 saturated carbocycles. The Morgan fingerprint density at radius 1 is 1.21 bits per heavy atom. The number of ether oxygens (including phenoxy) is 1. The lowest BCUT2D eigenvalue weighted by Crippen LogP contribution is -2.48. The normalized spacial score (nSPS) is 12.7. The van der Waals surface area contributed by atoms with E-state index < -0.39 is 5.54 Å². The Morgan fingerprint density at radius 3 is 2.58 bits per heavy atom. The summed E-state index contributed by atoms with van der Waals surface area (Å²) in [5.41, 5.74) is 7.91. The molecule has 24 heavy (non-hydrogen) atoms. The SMILES string of the molecule is CCCC(C)(N)C(=O)Nc1cccc(-c2ccccc2OC)c1.Cl. The van der Waals surface area contributed by atoms with E-state index in [1.165, 1.54) is 0 Å². The lowest BCUT2D eigenvalue weighted by atomic mass is 9.96. The Labute approximate surface area is 149 Å². The summed E-state index contributed by atoms with van der Waals surface area (Å²) in [6, 6.07) is 15.5. The lowest BCUT2D eigenvalue weighted by molar-refractivity contribution is -0.120. The molecule has 0 heterocycles. The van der Waals surface area contributed by atoms with Gasteiger partial charge in [-0.3, -0.25) is 4.79 Å². The molecule has 0 aromatic heterocycles. The van der Waals surface area contributed by atoms with Crippen molar-refractivity contribution in [2.45, 2.75) is 32.2 Å². The molecule has 0 saturated heterocycles. The fourth-order valence-electron chi connectivity index (χ4n) is 2.55. The molecule has 0 bridgehead atoms. The van der Waals surface area contributed by atoms with Crippen molar-refractivity contribution in [3.05, 3.63) is 48.5 Å². The Hall–Kier alpha value is -2.04. The quantitative estimate of drug-likeness (QED) is 0.820. The van der Waals surface area contributed by atoms with Gasteiger partial charge in [0.2, 0.25) is 5.91 Å². The van der Waals surface area contributed by atoms with Crippen molar-refractivity contribution in [2.75, 3.05) is 12.4 Å². The number of amides is 1. The van der Waals surface area contributed by atoms with E-state index in [4.69, 9.17) is 10.5 Å². The van der Waals surface area contributed by atoms with Crippen LogP contribution in [-0.4, -0.2) is 18.6 Å². The lowest BCUT2D eigenvalue weighted by Gasteiger charge is -2.23. The molecule has 1 atom stereocenters. The van der Waals surface area contributed by atoms with Gasteiger partial charge < -0.3 is 15.8 Å². The second-order valence-corrected chi connectivity index (χ2v) is 5.90. The van der Waals surface area contributed by atoms with Crippen LogP contribution >= 0.6 is 12.4 Å². The highest BCUT2D eigenvalue weighted by Crippen LogP contribution is 2.31. The number of benzene rings is 2. The summed E-state index contributed by atoms with van der Waals surface area (Å²) in [5.74, 6) is 0.627. The van der Waals surface area contributed by atoms with Crippen molar-refractivity contribution in [1.82, 2.24) is 0 Å². The maximum Gasteiger partial charge on any atom is 0.244 e. The molecule has 3 N–H and O–H groups in total. The summed E-state index contributed by atoms with van der Waals surface area (Å²) in [7, 11) is 1.65. The van der Waals surface area contributed by atoms with Crippen molar-refractivity contribution in [3.8, 4) is 16.9 Å². The number of nitrogens with one attached hydrogen (secondary N) is 1. The monoisotopic (exact) mass is 348 g/mol. The third-order valence-electron chi connectivity index (χ3n) is 3.83. The van der Waals surface area contributed by atoms with Crippen LogP contribution in [0.3, 0.4) is 0 Å². The van der Waals surface area contributed by atoms with E-state index in [9.17, 15) is 4.79 Å². The van der Waals surface area contributed by atoms with Crippen molar-refractivity contribution < 1.29 is 9.53 Å². The number of para-hydroxylation sites is 1. The molecule has 0 aliphatic rings. The largest absolute Gasteiger partial charge is 0.496 e. The number of carbonyl (C=O) groups excluding carboxylic acids is 1. The van der Waals surface area contributed by atoms with E-state index >= 15 is 0 Å². The van der Waals surface area contributed by atoms with E-state index in [1.54, 1.807) is 14.0 Å².